The third kappa shape index (κ3) is 2.66. The molecule has 1 heterocycles. The van der Waals surface area contributed by atoms with Crippen LogP contribution in [0.4, 0.5) is 0 Å². The summed E-state index contributed by atoms with van der Waals surface area (Å²) in [7, 11) is 0. The maximum absolute atomic E-state index is 11.7. The Kier molecular flexibility index (Phi) is 3.17. The largest absolute Gasteiger partial charge is 0.370 e. The van der Waals surface area contributed by atoms with Crippen LogP contribution in [0.5, 0.6) is 0 Å². The van der Waals surface area contributed by atoms with Crippen molar-refractivity contribution in [2.24, 2.45) is 0 Å². The van der Waals surface area contributed by atoms with Crippen LogP contribution in [0.15, 0.2) is 30.3 Å². The molecular formula is C13H16O2. The molecule has 1 aromatic carbocycles. The Hall–Kier alpha value is -1.15. The Balaban J connectivity index is 1.79. The highest BCUT2D eigenvalue weighted by Crippen LogP contribution is 2.29. The number of hydrogen-bond donors (Lipinski definition) is 0. The predicted molar refractivity (Wildman–Crippen MR) is 59.0 cm³/mol. The summed E-state index contributed by atoms with van der Waals surface area (Å²) in [4.78, 5) is 11.7. The van der Waals surface area contributed by atoms with Crippen LogP contribution in [0.3, 0.4) is 0 Å². The molecule has 0 saturated carbocycles. The molecule has 1 fully saturated rings. The number of carbonyl (C=O) groups excluding carboxylic acids is 1. The van der Waals surface area contributed by atoms with Gasteiger partial charge in [0.1, 0.15) is 0 Å². The number of rotatable bonds is 5. The summed E-state index contributed by atoms with van der Waals surface area (Å²) in [5.41, 5.74) is 0.811. The van der Waals surface area contributed by atoms with Gasteiger partial charge in [0.2, 0.25) is 0 Å². The Morgan fingerprint density at radius 1 is 1.27 bits per heavy atom. The molecule has 2 unspecified atom stereocenters. The molecule has 15 heavy (non-hydrogen) atoms. The van der Waals surface area contributed by atoms with Crippen LogP contribution < -0.4 is 0 Å². The first-order chi connectivity index (χ1) is 7.31. The van der Waals surface area contributed by atoms with E-state index in [0.29, 0.717) is 18.6 Å². The number of epoxide rings is 1. The standard InChI is InChI=1S/C13H16O2/c1-2-12-13(15-12)9-8-11(14)10-6-4-3-5-7-10/h3-7,12-13H,2,8-9H2,1H3. The topological polar surface area (TPSA) is 29.6 Å². The number of ether oxygens (including phenoxy) is 1. The van der Waals surface area contributed by atoms with Crippen molar-refractivity contribution < 1.29 is 9.53 Å². The lowest BCUT2D eigenvalue weighted by atomic mass is 10.0. The van der Waals surface area contributed by atoms with Crippen molar-refractivity contribution in [3.8, 4) is 0 Å². The highest BCUT2D eigenvalue weighted by molar-refractivity contribution is 5.95. The lowest BCUT2D eigenvalue weighted by Gasteiger charge is -1.98. The van der Waals surface area contributed by atoms with Gasteiger partial charge in [-0.3, -0.25) is 4.79 Å². The molecule has 0 radical (unpaired) electrons. The van der Waals surface area contributed by atoms with Gasteiger partial charge in [-0.25, -0.2) is 0 Å². The van der Waals surface area contributed by atoms with Crippen LogP contribution in [0, 0.1) is 0 Å². The molecule has 1 aliphatic heterocycles. The van der Waals surface area contributed by atoms with Gasteiger partial charge in [-0.15, -0.1) is 0 Å². The van der Waals surface area contributed by atoms with Gasteiger partial charge in [-0.1, -0.05) is 37.3 Å². The Bertz CT molecular complexity index is 332. The van der Waals surface area contributed by atoms with Gasteiger partial charge in [0, 0.05) is 12.0 Å². The van der Waals surface area contributed by atoms with Crippen molar-refractivity contribution in [1.82, 2.24) is 0 Å². The van der Waals surface area contributed by atoms with Gasteiger partial charge in [-0.2, -0.15) is 0 Å². The number of ketones is 1. The average Bonchev–Trinajstić information content (AvgIpc) is 3.06. The second-order valence-corrected chi connectivity index (χ2v) is 3.95. The monoisotopic (exact) mass is 204 g/mol. The van der Waals surface area contributed by atoms with E-state index in [9.17, 15) is 4.79 Å². The van der Waals surface area contributed by atoms with Gasteiger partial charge in [0.15, 0.2) is 5.78 Å². The lowest BCUT2D eigenvalue weighted by Crippen LogP contribution is -2.02. The first-order valence-electron chi connectivity index (χ1n) is 5.55. The molecule has 0 amide bonds. The summed E-state index contributed by atoms with van der Waals surface area (Å²) in [6, 6.07) is 9.46. The van der Waals surface area contributed by atoms with Crippen LogP contribution >= 0.6 is 0 Å². The summed E-state index contributed by atoms with van der Waals surface area (Å²) in [6.07, 6.45) is 3.28. The molecule has 2 atom stereocenters. The van der Waals surface area contributed by atoms with E-state index in [2.05, 4.69) is 6.92 Å². The summed E-state index contributed by atoms with van der Waals surface area (Å²) in [6.45, 7) is 2.11. The van der Waals surface area contributed by atoms with Crippen LogP contribution in [0.1, 0.15) is 36.5 Å². The second-order valence-electron chi connectivity index (χ2n) is 3.95. The van der Waals surface area contributed by atoms with E-state index in [1.54, 1.807) is 0 Å². The lowest BCUT2D eigenvalue weighted by molar-refractivity contribution is 0.0976. The SMILES string of the molecule is CCC1OC1CCC(=O)c1ccccc1. The van der Waals surface area contributed by atoms with Crippen molar-refractivity contribution in [2.45, 2.75) is 38.4 Å². The summed E-state index contributed by atoms with van der Waals surface area (Å²) in [5.74, 6) is 0.223. The molecule has 80 valence electrons. The molecule has 2 heteroatoms. The number of carbonyl (C=O) groups is 1. The fourth-order valence-corrected chi connectivity index (χ4v) is 1.83. The Labute approximate surface area is 90.3 Å². The number of Topliss-reactive ketones (excluding diaryl/α,β-unsaturated/α-hetero) is 1. The van der Waals surface area contributed by atoms with Crippen molar-refractivity contribution in [3.63, 3.8) is 0 Å². The van der Waals surface area contributed by atoms with Gasteiger partial charge in [-0.05, 0) is 12.8 Å². The van der Waals surface area contributed by atoms with Crippen molar-refractivity contribution in [2.75, 3.05) is 0 Å². The van der Waals surface area contributed by atoms with E-state index in [1.807, 2.05) is 30.3 Å². The molecule has 0 bridgehead atoms. The first kappa shape index (κ1) is 10.4. The number of hydrogen-bond acceptors (Lipinski definition) is 2. The highest BCUT2D eigenvalue weighted by Gasteiger charge is 2.36. The smallest absolute Gasteiger partial charge is 0.162 e. The fraction of sp³-hybridized carbons (Fsp3) is 0.462. The van der Waals surface area contributed by atoms with Gasteiger partial charge < -0.3 is 4.74 Å². The molecule has 0 aliphatic carbocycles. The molecule has 2 rings (SSSR count). The molecule has 1 saturated heterocycles. The highest BCUT2D eigenvalue weighted by atomic mass is 16.6. The van der Waals surface area contributed by atoms with E-state index in [4.69, 9.17) is 4.74 Å². The molecule has 0 spiro atoms. The third-order valence-corrected chi connectivity index (χ3v) is 2.84. The summed E-state index contributed by atoms with van der Waals surface area (Å²) < 4.78 is 5.40. The van der Waals surface area contributed by atoms with Crippen molar-refractivity contribution in [3.05, 3.63) is 35.9 Å². The van der Waals surface area contributed by atoms with Gasteiger partial charge in [0.25, 0.3) is 0 Å². The normalized spacial score (nSPS) is 23.8. The Morgan fingerprint density at radius 2 is 2.00 bits per heavy atom. The van der Waals surface area contributed by atoms with E-state index < -0.39 is 0 Å². The van der Waals surface area contributed by atoms with Crippen molar-refractivity contribution >= 4 is 5.78 Å². The maximum atomic E-state index is 11.7. The first-order valence-corrected chi connectivity index (χ1v) is 5.55. The summed E-state index contributed by atoms with van der Waals surface area (Å²) >= 11 is 0. The maximum Gasteiger partial charge on any atom is 0.162 e. The molecule has 0 aromatic heterocycles. The molecule has 2 nitrogen and oxygen atoms in total. The van der Waals surface area contributed by atoms with E-state index in [1.165, 1.54) is 0 Å². The van der Waals surface area contributed by atoms with Gasteiger partial charge >= 0.3 is 0 Å². The average molecular weight is 204 g/mol. The molecular weight excluding hydrogens is 188 g/mol. The molecule has 1 aromatic rings. The van der Waals surface area contributed by atoms with E-state index in [0.717, 1.165) is 18.4 Å². The van der Waals surface area contributed by atoms with E-state index in [-0.39, 0.29) is 5.78 Å². The number of benzene rings is 1. The Morgan fingerprint density at radius 3 is 2.60 bits per heavy atom. The zero-order chi connectivity index (χ0) is 10.7. The van der Waals surface area contributed by atoms with Crippen LogP contribution in [0.25, 0.3) is 0 Å². The minimum Gasteiger partial charge on any atom is -0.370 e. The molecule has 0 N–H and O–H groups in total. The van der Waals surface area contributed by atoms with Gasteiger partial charge in [0.05, 0.1) is 12.2 Å². The zero-order valence-corrected chi connectivity index (χ0v) is 8.98. The van der Waals surface area contributed by atoms with Crippen LogP contribution in [0.2, 0.25) is 0 Å². The van der Waals surface area contributed by atoms with E-state index >= 15 is 0 Å². The summed E-state index contributed by atoms with van der Waals surface area (Å²) in [5, 5.41) is 0. The second kappa shape index (κ2) is 4.58. The minimum absolute atomic E-state index is 0.223. The van der Waals surface area contributed by atoms with Crippen LogP contribution in [-0.2, 0) is 4.74 Å². The fourth-order valence-electron chi connectivity index (χ4n) is 1.83. The third-order valence-electron chi connectivity index (χ3n) is 2.84. The minimum atomic E-state index is 0.223. The van der Waals surface area contributed by atoms with Crippen molar-refractivity contribution in [1.29, 1.82) is 0 Å². The van der Waals surface area contributed by atoms with Crippen LogP contribution in [-0.4, -0.2) is 18.0 Å². The zero-order valence-electron chi connectivity index (χ0n) is 8.98. The molecule has 1 aliphatic rings. The predicted octanol–water partition coefficient (Wildman–Crippen LogP) is 2.83. The quantitative estimate of drug-likeness (QED) is 0.545.